The fourth-order valence-corrected chi connectivity index (χ4v) is 3.45. The molecule has 1 aliphatic rings. The maximum atomic E-state index is 12.3. The minimum atomic E-state index is -0.122. The monoisotopic (exact) mass is 358 g/mol. The average molecular weight is 358 g/mol. The second-order valence-corrected chi connectivity index (χ2v) is 6.74. The number of carbonyl (C=O) groups is 1. The highest BCUT2D eigenvalue weighted by Gasteiger charge is 2.24. The Labute approximate surface area is 153 Å². The number of nitrogens with one attached hydrogen (secondary N) is 1. The summed E-state index contributed by atoms with van der Waals surface area (Å²) in [6.45, 7) is 5.45. The zero-order valence-corrected chi connectivity index (χ0v) is 15.4. The van der Waals surface area contributed by atoms with Crippen LogP contribution in [0.1, 0.15) is 46.6 Å². The van der Waals surface area contributed by atoms with Crippen LogP contribution in [-0.2, 0) is 6.42 Å². The maximum absolute atomic E-state index is 12.3. The third-order valence-electron chi connectivity index (χ3n) is 4.96. The average Bonchev–Trinajstić information content (AvgIpc) is 3.26. The standard InChI is InChI=1S/C19H26N4O3/c1-13-17(14(2)26-22-13)6-3-9-20-19(25)15-7-8-18(21-11-15)23-10-4-5-16(23)12-24/h7-8,11,16,24H,3-6,9-10,12H2,1-2H3,(H,20,25)/t16-/m1/s1. The van der Waals surface area contributed by atoms with Gasteiger partial charge in [-0.25, -0.2) is 4.98 Å². The Morgan fingerprint density at radius 1 is 1.42 bits per heavy atom. The molecule has 7 heteroatoms. The van der Waals surface area contributed by atoms with E-state index >= 15 is 0 Å². The number of hydrogen-bond acceptors (Lipinski definition) is 6. The van der Waals surface area contributed by atoms with Gasteiger partial charge < -0.3 is 19.8 Å². The summed E-state index contributed by atoms with van der Waals surface area (Å²) in [5.74, 6) is 1.54. The van der Waals surface area contributed by atoms with Crippen molar-refractivity contribution in [2.45, 2.75) is 45.6 Å². The van der Waals surface area contributed by atoms with Crippen molar-refractivity contribution in [1.29, 1.82) is 0 Å². The van der Waals surface area contributed by atoms with E-state index in [0.29, 0.717) is 12.1 Å². The van der Waals surface area contributed by atoms with Crippen molar-refractivity contribution >= 4 is 11.7 Å². The number of aryl methyl sites for hydroxylation is 2. The molecular weight excluding hydrogens is 332 g/mol. The van der Waals surface area contributed by atoms with Crippen LogP contribution in [0.15, 0.2) is 22.9 Å². The Bertz CT molecular complexity index is 722. The minimum absolute atomic E-state index is 0.122. The van der Waals surface area contributed by atoms with E-state index < -0.39 is 0 Å². The Kier molecular flexibility index (Phi) is 5.88. The van der Waals surface area contributed by atoms with E-state index in [4.69, 9.17) is 4.52 Å². The quantitative estimate of drug-likeness (QED) is 0.736. The SMILES string of the molecule is Cc1noc(C)c1CCCNC(=O)c1ccc(N2CCC[C@@H]2CO)nc1. The predicted octanol–water partition coefficient (Wildman–Crippen LogP) is 2.01. The number of nitrogens with zero attached hydrogens (tertiary/aromatic N) is 3. The molecule has 0 radical (unpaired) electrons. The molecule has 2 N–H and O–H groups in total. The van der Waals surface area contributed by atoms with Crippen molar-refractivity contribution in [3.8, 4) is 0 Å². The summed E-state index contributed by atoms with van der Waals surface area (Å²) in [6.07, 6.45) is 5.29. The molecule has 7 nitrogen and oxygen atoms in total. The molecule has 1 atom stereocenters. The topological polar surface area (TPSA) is 91.5 Å². The lowest BCUT2D eigenvalue weighted by molar-refractivity contribution is 0.0953. The van der Waals surface area contributed by atoms with Crippen LogP contribution in [0.25, 0.3) is 0 Å². The lowest BCUT2D eigenvalue weighted by Crippen LogP contribution is -2.32. The molecule has 3 heterocycles. The van der Waals surface area contributed by atoms with Gasteiger partial charge in [0.2, 0.25) is 0 Å². The van der Waals surface area contributed by atoms with Crippen molar-refractivity contribution in [3.05, 3.63) is 40.9 Å². The van der Waals surface area contributed by atoms with Crippen LogP contribution in [0.3, 0.4) is 0 Å². The first-order valence-electron chi connectivity index (χ1n) is 9.13. The van der Waals surface area contributed by atoms with Crippen LogP contribution in [0, 0.1) is 13.8 Å². The second kappa shape index (κ2) is 8.31. The molecule has 140 valence electrons. The van der Waals surface area contributed by atoms with Gasteiger partial charge in [-0.1, -0.05) is 5.16 Å². The Morgan fingerprint density at radius 3 is 2.92 bits per heavy atom. The van der Waals surface area contributed by atoms with Gasteiger partial charge in [0.05, 0.1) is 23.9 Å². The maximum Gasteiger partial charge on any atom is 0.252 e. The first-order chi connectivity index (χ1) is 12.6. The van der Waals surface area contributed by atoms with Gasteiger partial charge in [-0.3, -0.25) is 4.79 Å². The molecule has 0 unspecified atom stereocenters. The number of carbonyl (C=O) groups excluding carboxylic acids is 1. The second-order valence-electron chi connectivity index (χ2n) is 6.74. The zero-order chi connectivity index (χ0) is 18.5. The number of anilines is 1. The van der Waals surface area contributed by atoms with Crippen molar-refractivity contribution in [2.24, 2.45) is 0 Å². The van der Waals surface area contributed by atoms with Gasteiger partial charge in [0.1, 0.15) is 11.6 Å². The fraction of sp³-hybridized carbons (Fsp3) is 0.526. The zero-order valence-electron chi connectivity index (χ0n) is 15.4. The molecular formula is C19H26N4O3. The summed E-state index contributed by atoms with van der Waals surface area (Å²) in [6, 6.07) is 3.78. The molecule has 1 amide bonds. The van der Waals surface area contributed by atoms with Gasteiger partial charge in [-0.05, 0) is 51.7 Å². The summed E-state index contributed by atoms with van der Waals surface area (Å²) < 4.78 is 5.15. The molecule has 0 spiro atoms. The van der Waals surface area contributed by atoms with E-state index in [1.54, 1.807) is 12.3 Å². The van der Waals surface area contributed by atoms with Gasteiger partial charge in [0.25, 0.3) is 5.91 Å². The molecule has 0 saturated carbocycles. The number of aromatic nitrogens is 2. The van der Waals surface area contributed by atoms with E-state index in [1.165, 1.54) is 0 Å². The Morgan fingerprint density at radius 2 is 2.27 bits per heavy atom. The smallest absolute Gasteiger partial charge is 0.252 e. The molecule has 1 aliphatic heterocycles. The summed E-state index contributed by atoms with van der Waals surface area (Å²) >= 11 is 0. The van der Waals surface area contributed by atoms with Crippen LogP contribution in [0.5, 0.6) is 0 Å². The molecule has 0 aliphatic carbocycles. The van der Waals surface area contributed by atoms with E-state index in [9.17, 15) is 9.90 Å². The number of hydrogen-bond donors (Lipinski definition) is 2. The summed E-state index contributed by atoms with van der Waals surface area (Å²) in [4.78, 5) is 18.8. The molecule has 1 fully saturated rings. The number of amides is 1. The molecule has 0 aromatic carbocycles. The third-order valence-corrected chi connectivity index (χ3v) is 4.96. The molecule has 2 aromatic rings. The third kappa shape index (κ3) is 4.04. The summed E-state index contributed by atoms with van der Waals surface area (Å²) in [5, 5.41) is 16.3. The van der Waals surface area contributed by atoms with E-state index in [0.717, 1.165) is 55.1 Å². The van der Waals surface area contributed by atoms with E-state index in [1.807, 2.05) is 19.9 Å². The highest BCUT2D eigenvalue weighted by molar-refractivity contribution is 5.94. The first-order valence-corrected chi connectivity index (χ1v) is 9.13. The summed E-state index contributed by atoms with van der Waals surface area (Å²) in [5.41, 5.74) is 2.58. The number of aliphatic hydroxyl groups is 1. The normalized spacial score (nSPS) is 16.9. The van der Waals surface area contributed by atoms with Crippen LogP contribution in [-0.4, -0.2) is 46.9 Å². The van der Waals surface area contributed by atoms with Gasteiger partial charge in [0, 0.05) is 24.8 Å². The number of aliphatic hydroxyl groups excluding tert-OH is 1. The largest absolute Gasteiger partial charge is 0.394 e. The highest BCUT2D eigenvalue weighted by atomic mass is 16.5. The van der Waals surface area contributed by atoms with Crippen molar-refractivity contribution < 1.29 is 14.4 Å². The van der Waals surface area contributed by atoms with Crippen molar-refractivity contribution in [3.63, 3.8) is 0 Å². The van der Waals surface area contributed by atoms with Crippen molar-refractivity contribution in [1.82, 2.24) is 15.5 Å². The lowest BCUT2D eigenvalue weighted by Gasteiger charge is -2.24. The number of pyridine rings is 1. The van der Waals surface area contributed by atoms with E-state index in [-0.39, 0.29) is 18.6 Å². The predicted molar refractivity (Wildman–Crippen MR) is 98.3 cm³/mol. The van der Waals surface area contributed by atoms with Crippen LogP contribution in [0.2, 0.25) is 0 Å². The molecule has 1 saturated heterocycles. The van der Waals surface area contributed by atoms with Gasteiger partial charge >= 0.3 is 0 Å². The van der Waals surface area contributed by atoms with E-state index in [2.05, 4.69) is 20.4 Å². The highest BCUT2D eigenvalue weighted by Crippen LogP contribution is 2.23. The molecule has 2 aromatic heterocycles. The van der Waals surface area contributed by atoms with Crippen molar-refractivity contribution in [2.75, 3.05) is 24.6 Å². The lowest BCUT2D eigenvalue weighted by atomic mass is 10.1. The molecule has 0 bridgehead atoms. The Hall–Kier alpha value is -2.41. The molecule has 26 heavy (non-hydrogen) atoms. The fourth-order valence-electron chi connectivity index (χ4n) is 3.45. The summed E-state index contributed by atoms with van der Waals surface area (Å²) in [7, 11) is 0. The van der Waals surface area contributed by atoms with Gasteiger partial charge in [-0.15, -0.1) is 0 Å². The van der Waals surface area contributed by atoms with Gasteiger partial charge in [-0.2, -0.15) is 0 Å². The molecule has 3 rings (SSSR count). The van der Waals surface area contributed by atoms with Crippen LogP contribution in [0.4, 0.5) is 5.82 Å². The number of rotatable bonds is 7. The van der Waals surface area contributed by atoms with Crippen LogP contribution < -0.4 is 10.2 Å². The Balaban J connectivity index is 1.49. The minimum Gasteiger partial charge on any atom is -0.394 e. The van der Waals surface area contributed by atoms with Crippen LogP contribution >= 0.6 is 0 Å². The van der Waals surface area contributed by atoms with Gasteiger partial charge in [0.15, 0.2) is 0 Å². The first kappa shape index (κ1) is 18.4.